The van der Waals surface area contributed by atoms with E-state index in [1.54, 1.807) is 0 Å². The molecule has 96 valence electrons. The number of fused-ring (bicyclic) bond motifs is 1. The SMILES string of the molecule is O=C1COc2ccccc2N1CCCNC1CC1. The molecule has 0 aromatic heterocycles. The third-order valence-corrected chi connectivity index (χ3v) is 3.38. The van der Waals surface area contributed by atoms with Crippen LogP contribution in [-0.4, -0.2) is 31.6 Å². The molecule has 1 aromatic carbocycles. The molecule has 0 atom stereocenters. The molecule has 0 spiro atoms. The van der Waals surface area contributed by atoms with Crippen molar-refractivity contribution < 1.29 is 9.53 Å². The van der Waals surface area contributed by atoms with Crippen molar-refractivity contribution >= 4 is 11.6 Å². The molecule has 1 N–H and O–H groups in total. The maximum absolute atomic E-state index is 11.9. The van der Waals surface area contributed by atoms with Crippen LogP contribution in [0.25, 0.3) is 0 Å². The van der Waals surface area contributed by atoms with Crippen LogP contribution in [0.4, 0.5) is 5.69 Å². The molecular weight excluding hydrogens is 228 g/mol. The fraction of sp³-hybridized carbons (Fsp3) is 0.500. The highest BCUT2D eigenvalue weighted by Crippen LogP contribution is 2.31. The van der Waals surface area contributed by atoms with Gasteiger partial charge in [0, 0.05) is 12.6 Å². The highest BCUT2D eigenvalue weighted by molar-refractivity contribution is 5.97. The van der Waals surface area contributed by atoms with E-state index >= 15 is 0 Å². The summed E-state index contributed by atoms with van der Waals surface area (Å²) in [5, 5.41) is 3.47. The third-order valence-electron chi connectivity index (χ3n) is 3.38. The monoisotopic (exact) mass is 246 g/mol. The highest BCUT2D eigenvalue weighted by atomic mass is 16.5. The average molecular weight is 246 g/mol. The van der Waals surface area contributed by atoms with Gasteiger partial charge in [-0.25, -0.2) is 0 Å². The van der Waals surface area contributed by atoms with Gasteiger partial charge < -0.3 is 15.0 Å². The van der Waals surface area contributed by atoms with Crippen LogP contribution in [0.2, 0.25) is 0 Å². The lowest BCUT2D eigenvalue weighted by molar-refractivity contribution is -0.121. The van der Waals surface area contributed by atoms with E-state index in [-0.39, 0.29) is 12.5 Å². The van der Waals surface area contributed by atoms with E-state index in [4.69, 9.17) is 4.74 Å². The summed E-state index contributed by atoms with van der Waals surface area (Å²) in [6.45, 7) is 1.91. The summed E-state index contributed by atoms with van der Waals surface area (Å²) in [5.41, 5.74) is 0.903. The molecule has 0 bridgehead atoms. The Labute approximate surface area is 107 Å². The lowest BCUT2D eigenvalue weighted by Gasteiger charge is -2.29. The molecule has 0 radical (unpaired) electrons. The second kappa shape index (κ2) is 4.98. The molecule has 1 saturated carbocycles. The minimum Gasteiger partial charge on any atom is -0.482 e. The largest absolute Gasteiger partial charge is 0.482 e. The summed E-state index contributed by atoms with van der Waals surface area (Å²) in [6.07, 6.45) is 3.59. The van der Waals surface area contributed by atoms with Crippen molar-refractivity contribution in [3.05, 3.63) is 24.3 Å². The Morgan fingerprint density at radius 1 is 1.33 bits per heavy atom. The van der Waals surface area contributed by atoms with Crippen LogP contribution in [0, 0.1) is 0 Å². The zero-order valence-electron chi connectivity index (χ0n) is 10.4. The van der Waals surface area contributed by atoms with Gasteiger partial charge in [-0.05, 0) is 37.9 Å². The quantitative estimate of drug-likeness (QED) is 0.802. The molecule has 3 rings (SSSR count). The summed E-state index contributed by atoms with van der Waals surface area (Å²) < 4.78 is 5.41. The van der Waals surface area contributed by atoms with Crippen LogP contribution in [0.15, 0.2) is 24.3 Å². The Kier molecular flexibility index (Phi) is 3.19. The predicted molar refractivity (Wildman–Crippen MR) is 69.9 cm³/mol. The van der Waals surface area contributed by atoms with E-state index in [0.29, 0.717) is 0 Å². The van der Waals surface area contributed by atoms with Crippen molar-refractivity contribution in [1.82, 2.24) is 5.32 Å². The smallest absolute Gasteiger partial charge is 0.265 e. The van der Waals surface area contributed by atoms with Crippen molar-refractivity contribution in [1.29, 1.82) is 0 Å². The molecule has 18 heavy (non-hydrogen) atoms. The number of ether oxygens (including phenoxy) is 1. The van der Waals surface area contributed by atoms with Crippen LogP contribution in [0.1, 0.15) is 19.3 Å². The molecule has 0 saturated heterocycles. The van der Waals surface area contributed by atoms with Crippen LogP contribution in [0.5, 0.6) is 5.75 Å². The number of para-hydroxylation sites is 2. The molecule has 4 heteroatoms. The van der Waals surface area contributed by atoms with Gasteiger partial charge in [-0.2, -0.15) is 0 Å². The number of benzene rings is 1. The van der Waals surface area contributed by atoms with Gasteiger partial charge in [0.2, 0.25) is 0 Å². The van der Waals surface area contributed by atoms with Crippen molar-refractivity contribution in [3.63, 3.8) is 0 Å². The Morgan fingerprint density at radius 2 is 2.17 bits per heavy atom. The standard InChI is InChI=1S/C14H18N2O2/c17-14-10-18-13-5-2-1-4-12(13)16(14)9-3-8-15-11-6-7-11/h1-2,4-5,11,15H,3,6-10H2. The number of carbonyl (C=O) groups excluding carboxylic acids is 1. The molecular formula is C14H18N2O2. The van der Waals surface area contributed by atoms with E-state index in [1.165, 1.54) is 12.8 Å². The van der Waals surface area contributed by atoms with Gasteiger partial charge in [-0.15, -0.1) is 0 Å². The minimum absolute atomic E-state index is 0.0557. The van der Waals surface area contributed by atoms with E-state index in [1.807, 2.05) is 29.2 Å². The number of nitrogens with one attached hydrogen (secondary N) is 1. The first kappa shape index (κ1) is 11.5. The van der Waals surface area contributed by atoms with Crippen LogP contribution in [0.3, 0.4) is 0 Å². The predicted octanol–water partition coefficient (Wildman–Crippen LogP) is 1.55. The molecule has 1 amide bonds. The first-order chi connectivity index (χ1) is 8.84. The number of rotatable bonds is 5. The number of hydrogen-bond donors (Lipinski definition) is 1. The second-order valence-electron chi connectivity index (χ2n) is 4.88. The van der Waals surface area contributed by atoms with Gasteiger partial charge in [0.15, 0.2) is 6.61 Å². The number of nitrogens with zero attached hydrogens (tertiary/aromatic N) is 1. The first-order valence-corrected chi connectivity index (χ1v) is 6.60. The summed E-state index contributed by atoms with van der Waals surface area (Å²) in [6, 6.07) is 8.47. The Balaban J connectivity index is 1.60. The van der Waals surface area contributed by atoms with Gasteiger partial charge >= 0.3 is 0 Å². The topological polar surface area (TPSA) is 41.6 Å². The Hall–Kier alpha value is -1.55. The zero-order valence-corrected chi connectivity index (χ0v) is 10.4. The average Bonchev–Trinajstić information content (AvgIpc) is 3.21. The summed E-state index contributed by atoms with van der Waals surface area (Å²) in [5.74, 6) is 0.868. The molecule has 1 aliphatic carbocycles. The van der Waals surface area contributed by atoms with Crippen LogP contribution < -0.4 is 15.0 Å². The van der Waals surface area contributed by atoms with Crippen molar-refractivity contribution in [2.75, 3.05) is 24.6 Å². The Morgan fingerprint density at radius 3 is 3.00 bits per heavy atom. The van der Waals surface area contributed by atoms with Gasteiger partial charge in [0.1, 0.15) is 5.75 Å². The minimum atomic E-state index is 0.0557. The van der Waals surface area contributed by atoms with E-state index in [2.05, 4.69) is 5.32 Å². The molecule has 1 aromatic rings. The van der Waals surface area contributed by atoms with Crippen molar-refractivity contribution in [2.24, 2.45) is 0 Å². The van der Waals surface area contributed by atoms with Gasteiger partial charge in [-0.3, -0.25) is 4.79 Å². The van der Waals surface area contributed by atoms with Crippen molar-refractivity contribution in [3.8, 4) is 5.75 Å². The third kappa shape index (κ3) is 2.48. The molecule has 2 aliphatic rings. The van der Waals surface area contributed by atoms with Gasteiger partial charge in [-0.1, -0.05) is 12.1 Å². The van der Waals surface area contributed by atoms with Crippen LogP contribution in [-0.2, 0) is 4.79 Å². The second-order valence-corrected chi connectivity index (χ2v) is 4.88. The number of carbonyl (C=O) groups is 1. The first-order valence-electron chi connectivity index (χ1n) is 6.60. The fourth-order valence-corrected chi connectivity index (χ4v) is 2.23. The highest BCUT2D eigenvalue weighted by Gasteiger charge is 2.25. The molecule has 1 aliphatic heterocycles. The maximum Gasteiger partial charge on any atom is 0.265 e. The Bertz CT molecular complexity index is 443. The van der Waals surface area contributed by atoms with Crippen molar-refractivity contribution in [2.45, 2.75) is 25.3 Å². The number of hydrogen-bond acceptors (Lipinski definition) is 3. The zero-order chi connectivity index (χ0) is 12.4. The lowest BCUT2D eigenvalue weighted by atomic mass is 10.2. The van der Waals surface area contributed by atoms with Crippen LogP contribution >= 0.6 is 0 Å². The molecule has 4 nitrogen and oxygen atoms in total. The van der Waals surface area contributed by atoms with E-state index in [0.717, 1.165) is 37.0 Å². The molecule has 0 unspecified atom stereocenters. The number of amides is 1. The summed E-state index contributed by atoms with van der Waals surface area (Å²) in [4.78, 5) is 13.7. The van der Waals surface area contributed by atoms with Gasteiger partial charge in [0.05, 0.1) is 5.69 Å². The lowest BCUT2D eigenvalue weighted by Crippen LogP contribution is -2.40. The fourth-order valence-electron chi connectivity index (χ4n) is 2.23. The molecule has 1 heterocycles. The normalized spacial score (nSPS) is 18.4. The summed E-state index contributed by atoms with van der Waals surface area (Å²) >= 11 is 0. The van der Waals surface area contributed by atoms with Gasteiger partial charge in [0.25, 0.3) is 5.91 Å². The van der Waals surface area contributed by atoms with E-state index < -0.39 is 0 Å². The number of anilines is 1. The summed E-state index contributed by atoms with van der Waals surface area (Å²) in [7, 11) is 0. The molecule has 1 fully saturated rings. The van der Waals surface area contributed by atoms with E-state index in [9.17, 15) is 4.79 Å². The maximum atomic E-state index is 11.9.